The summed E-state index contributed by atoms with van der Waals surface area (Å²) in [6.07, 6.45) is 6.00. The van der Waals surface area contributed by atoms with Gasteiger partial charge in [0.25, 0.3) is 0 Å². The van der Waals surface area contributed by atoms with E-state index in [0.29, 0.717) is 17.3 Å². The molecule has 3 atom stereocenters. The average molecular weight is 198 g/mol. The van der Waals surface area contributed by atoms with Crippen LogP contribution in [0.15, 0.2) is 0 Å². The third-order valence-electron chi connectivity index (χ3n) is 3.99. The molecule has 1 fully saturated rings. The first-order chi connectivity index (χ1) is 6.48. The van der Waals surface area contributed by atoms with Crippen molar-refractivity contribution in [3.63, 3.8) is 0 Å². The quantitative estimate of drug-likeness (QED) is 0.734. The minimum absolute atomic E-state index is 0.0553. The zero-order valence-electron chi connectivity index (χ0n) is 10.2. The number of hydrogen-bond acceptors (Lipinski definition) is 1. The van der Waals surface area contributed by atoms with Crippen molar-refractivity contribution < 1.29 is 5.11 Å². The van der Waals surface area contributed by atoms with Gasteiger partial charge in [0.2, 0.25) is 0 Å². The van der Waals surface area contributed by atoms with E-state index in [4.69, 9.17) is 0 Å². The van der Waals surface area contributed by atoms with E-state index < -0.39 is 0 Å². The van der Waals surface area contributed by atoms with Gasteiger partial charge < -0.3 is 5.11 Å². The standard InChI is InChI=1S/C13H26O/c1-5-7-13(4)8-6-11(10(2)3)12(14)9-13/h10-12,14H,5-9H2,1-4H3/t11-,12+,13+/m0/s1. The van der Waals surface area contributed by atoms with Crippen molar-refractivity contribution in [3.8, 4) is 0 Å². The molecule has 1 heteroatoms. The zero-order chi connectivity index (χ0) is 10.8. The van der Waals surface area contributed by atoms with Crippen molar-refractivity contribution in [1.29, 1.82) is 0 Å². The Labute approximate surface area is 88.9 Å². The molecule has 0 spiro atoms. The average Bonchev–Trinajstić information content (AvgIpc) is 2.02. The lowest BCUT2D eigenvalue weighted by Gasteiger charge is -2.42. The Bertz CT molecular complexity index is 176. The third kappa shape index (κ3) is 2.73. The highest BCUT2D eigenvalue weighted by Crippen LogP contribution is 2.43. The second-order valence-corrected chi connectivity index (χ2v) is 5.78. The van der Waals surface area contributed by atoms with Gasteiger partial charge in [-0.25, -0.2) is 0 Å². The molecule has 0 amide bonds. The first-order valence-corrected chi connectivity index (χ1v) is 6.16. The molecule has 84 valence electrons. The molecule has 1 saturated carbocycles. The topological polar surface area (TPSA) is 20.2 Å². The molecule has 0 bridgehead atoms. The smallest absolute Gasteiger partial charge is 0.0576 e. The molecular formula is C13H26O. The minimum Gasteiger partial charge on any atom is -0.393 e. The van der Waals surface area contributed by atoms with Gasteiger partial charge in [-0.2, -0.15) is 0 Å². The molecule has 0 aromatic heterocycles. The maximum Gasteiger partial charge on any atom is 0.0576 e. The molecule has 0 radical (unpaired) electrons. The Hall–Kier alpha value is -0.0400. The van der Waals surface area contributed by atoms with Crippen LogP contribution < -0.4 is 0 Å². The molecule has 1 nitrogen and oxygen atoms in total. The van der Waals surface area contributed by atoms with Gasteiger partial charge in [0.1, 0.15) is 0 Å². The normalized spacial score (nSPS) is 39.0. The van der Waals surface area contributed by atoms with Crippen LogP contribution in [-0.4, -0.2) is 11.2 Å². The van der Waals surface area contributed by atoms with Crippen LogP contribution in [0.5, 0.6) is 0 Å². The van der Waals surface area contributed by atoms with Gasteiger partial charge in [-0.3, -0.25) is 0 Å². The summed E-state index contributed by atoms with van der Waals surface area (Å²) in [4.78, 5) is 0. The second-order valence-electron chi connectivity index (χ2n) is 5.78. The van der Waals surface area contributed by atoms with E-state index in [-0.39, 0.29) is 6.10 Å². The lowest BCUT2D eigenvalue weighted by Crippen LogP contribution is -2.37. The molecular weight excluding hydrogens is 172 g/mol. The molecule has 1 N–H and O–H groups in total. The van der Waals surface area contributed by atoms with Crippen LogP contribution in [0.3, 0.4) is 0 Å². The fourth-order valence-electron chi connectivity index (χ4n) is 3.07. The Balaban J connectivity index is 2.53. The highest BCUT2D eigenvalue weighted by molar-refractivity contribution is 4.88. The summed E-state index contributed by atoms with van der Waals surface area (Å²) in [5.74, 6) is 1.18. The summed E-state index contributed by atoms with van der Waals surface area (Å²) in [5, 5.41) is 10.1. The summed E-state index contributed by atoms with van der Waals surface area (Å²) in [6.45, 7) is 9.05. The molecule has 1 aliphatic rings. The van der Waals surface area contributed by atoms with Crippen molar-refractivity contribution in [2.75, 3.05) is 0 Å². The van der Waals surface area contributed by atoms with Gasteiger partial charge in [0.15, 0.2) is 0 Å². The predicted octanol–water partition coefficient (Wildman–Crippen LogP) is 3.61. The van der Waals surface area contributed by atoms with E-state index in [1.807, 2.05) is 0 Å². The van der Waals surface area contributed by atoms with E-state index in [2.05, 4.69) is 27.7 Å². The molecule has 0 unspecified atom stereocenters. The Morgan fingerprint density at radius 1 is 1.43 bits per heavy atom. The van der Waals surface area contributed by atoms with Gasteiger partial charge in [-0.15, -0.1) is 0 Å². The van der Waals surface area contributed by atoms with E-state index >= 15 is 0 Å². The fraction of sp³-hybridized carbons (Fsp3) is 1.00. The molecule has 0 saturated heterocycles. The number of aliphatic hydroxyl groups excluding tert-OH is 1. The van der Waals surface area contributed by atoms with Crippen LogP contribution in [0.1, 0.15) is 59.8 Å². The van der Waals surface area contributed by atoms with Gasteiger partial charge in [-0.05, 0) is 42.9 Å². The van der Waals surface area contributed by atoms with Crippen LogP contribution in [0.2, 0.25) is 0 Å². The van der Waals surface area contributed by atoms with Crippen molar-refractivity contribution in [3.05, 3.63) is 0 Å². The second kappa shape index (κ2) is 4.65. The lowest BCUT2D eigenvalue weighted by atomic mass is 9.66. The monoisotopic (exact) mass is 198 g/mol. The Morgan fingerprint density at radius 3 is 2.50 bits per heavy atom. The van der Waals surface area contributed by atoms with Gasteiger partial charge in [-0.1, -0.05) is 34.1 Å². The summed E-state index contributed by atoms with van der Waals surface area (Å²) in [5.41, 5.74) is 0.416. The van der Waals surface area contributed by atoms with Crippen LogP contribution in [0.25, 0.3) is 0 Å². The summed E-state index contributed by atoms with van der Waals surface area (Å²) in [7, 11) is 0. The molecule has 1 aliphatic carbocycles. The molecule has 14 heavy (non-hydrogen) atoms. The van der Waals surface area contributed by atoms with Crippen molar-refractivity contribution in [1.82, 2.24) is 0 Å². The summed E-state index contributed by atoms with van der Waals surface area (Å²) < 4.78 is 0. The van der Waals surface area contributed by atoms with Crippen LogP contribution in [0, 0.1) is 17.3 Å². The van der Waals surface area contributed by atoms with Crippen molar-refractivity contribution in [2.24, 2.45) is 17.3 Å². The number of rotatable bonds is 3. The highest BCUT2D eigenvalue weighted by Gasteiger charge is 2.37. The van der Waals surface area contributed by atoms with E-state index in [9.17, 15) is 5.11 Å². The van der Waals surface area contributed by atoms with Crippen LogP contribution >= 0.6 is 0 Å². The lowest BCUT2D eigenvalue weighted by molar-refractivity contribution is -0.0133. The first-order valence-electron chi connectivity index (χ1n) is 6.16. The van der Waals surface area contributed by atoms with Crippen LogP contribution in [-0.2, 0) is 0 Å². The maximum atomic E-state index is 10.1. The third-order valence-corrected chi connectivity index (χ3v) is 3.99. The summed E-state index contributed by atoms with van der Waals surface area (Å²) >= 11 is 0. The number of hydrogen-bond donors (Lipinski definition) is 1. The van der Waals surface area contributed by atoms with Crippen molar-refractivity contribution >= 4 is 0 Å². The van der Waals surface area contributed by atoms with E-state index in [1.165, 1.54) is 25.7 Å². The highest BCUT2D eigenvalue weighted by atomic mass is 16.3. The van der Waals surface area contributed by atoms with Gasteiger partial charge in [0, 0.05) is 0 Å². The van der Waals surface area contributed by atoms with E-state index in [0.717, 1.165) is 6.42 Å². The van der Waals surface area contributed by atoms with E-state index in [1.54, 1.807) is 0 Å². The van der Waals surface area contributed by atoms with Gasteiger partial charge >= 0.3 is 0 Å². The zero-order valence-corrected chi connectivity index (χ0v) is 10.2. The molecule has 1 rings (SSSR count). The van der Waals surface area contributed by atoms with Crippen LogP contribution in [0.4, 0.5) is 0 Å². The Kier molecular flexibility index (Phi) is 4.00. The maximum absolute atomic E-state index is 10.1. The van der Waals surface area contributed by atoms with Gasteiger partial charge in [0.05, 0.1) is 6.10 Å². The summed E-state index contributed by atoms with van der Waals surface area (Å²) in [6, 6.07) is 0. The minimum atomic E-state index is -0.0553. The molecule has 0 aromatic carbocycles. The fourth-order valence-corrected chi connectivity index (χ4v) is 3.07. The first kappa shape index (κ1) is 12.0. The SMILES string of the molecule is CCC[C@]1(C)CC[C@@H](C(C)C)[C@H](O)C1. The molecule has 0 heterocycles. The van der Waals surface area contributed by atoms with Crippen molar-refractivity contribution in [2.45, 2.75) is 65.9 Å². The molecule has 0 aromatic rings. The molecule has 0 aliphatic heterocycles. The number of aliphatic hydroxyl groups is 1. The Morgan fingerprint density at radius 2 is 2.07 bits per heavy atom. The predicted molar refractivity (Wildman–Crippen MR) is 61.2 cm³/mol. The largest absolute Gasteiger partial charge is 0.393 e.